The number of alkyl halides is 3. The molecule has 27 heavy (non-hydrogen) atoms. The molecule has 2 nitrogen and oxygen atoms in total. The highest BCUT2D eigenvalue weighted by Crippen LogP contribution is 2.37. The van der Waals surface area contributed by atoms with E-state index in [1.807, 2.05) is 49.4 Å². The van der Waals surface area contributed by atoms with Crippen molar-refractivity contribution in [1.82, 2.24) is 9.97 Å². The molecule has 136 valence electrons. The van der Waals surface area contributed by atoms with Crippen LogP contribution in [-0.4, -0.2) is 9.97 Å². The third-order valence-electron chi connectivity index (χ3n) is 4.25. The summed E-state index contributed by atoms with van der Waals surface area (Å²) in [4.78, 5) is 9.62. The maximum atomic E-state index is 13.0. The Balaban J connectivity index is 1.68. The molecule has 2 aromatic carbocycles. The van der Waals surface area contributed by atoms with Crippen molar-refractivity contribution in [1.29, 1.82) is 0 Å². The molecule has 0 bridgehead atoms. The van der Waals surface area contributed by atoms with Gasteiger partial charge in [0.2, 0.25) is 0 Å². The Morgan fingerprint density at radius 2 is 1.56 bits per heavy atom. The van der Waals surface area contributed by atoms with Crippen LogP contribution in [0.5, 0.6) is 0 Å². The van der Waals surface area contributed by atoms with Crippen molar-refractivity contribution in [2.24, 2.45) is 0 Å². The van der Waals surface area contributed by atoms with Crippen molar-refractivity contribution in [3.8, 4) is 32.4 Å². The lowest BCUT2D eigenvalue weighted by Gasteiger charge is -2.07. The summed E-state index contributed by atoms with van der Waals surface area (Å²) in [5.41, 5.74) is 2.75. The van der Waals surface area contributed by atoms with Gasteiger partial charge in [0.1, 0.15) is 5.82 Å². The van der Waals surface area contributed by atoms with Gasteiger partial charge in [0, 0.05) is 16.1 Å². The molecule has 0 aliphatic carbocycles. The van der Waals surface area contributed by atoms with E-state index in [1.165, 1.54) is 23.5 Å². The van der Waals surface area contributed by atoms with Crippen LogP contribution >= 0.6 is 11.3 Å². The minimum atomic E-state index is -4.35. The molecule has 0 unspecified atom stereocenters. The highest BCUT2D eigenvalue weighted by molar-refractivity contribution is 7.18. The molecule has 0 amide bonds. The summed E-state index contributed by atoms with van der Waals surface area (Å²) in [6.07, 6.45) is -4.35. The van der Waals surface area contributed by atoms with Crippen LogP contribution in [0.25, 0.3) is 32.4 Å². The van der Waals surface area contributed by atoms with E-state index in [2.05, 4.69) is 9.97 Å². The summed E-state index contributed by atoms with van der Waals surface area (Å²) in [7, 11) is 0. The zero-order valence-corrected chi connectivity index (χ0v) is 15.2. The van der Waals surface area contributed by atoms with Crippen LogP contribution in [0.2, 0.25) is 0 Å². The number of nitrogens with one attached hydrogen (secondary N) is 1. The molecule has 2 aromatic heterocycles. The number of imidazole rings is 1. The molecule has 4 rings (SSSR count). The van der Waals surface area contributed by atoms with Gasteiger partial charge in [0.15, 0.2) is 0 Å². The number of aryl methyl sites for hydroxylation is 1. The van der Waals surface area contributed by atoms with Gasteiger partial charge in [-0.2, -0.15) is 13.2 Å². The van der Waals surface area contributed by atoms with Gasteiger partial charge in [-0.05, 0) is 36.8 Å². The molecule has 0 saturated heterocycles. The molecular weight excluding hydrogens is 369 g/mol. The van der Waals surface area contributed by atoms with Crippen LogP contribution in [0.15, 0.2) is 66.7 Å². The first kappa shape index (κ1) is 17.5. The molecule has 1 N–H and O–H groups in total. The number of hydrogen-bond donors (Lipinski definition) is 1. The minimum Gasteiger partial charge on any atom is -0.341 e. The zero-order valence-electron chi connectivity index (χ0n) is 14.3. The van der Waals surface area contributed by atoms with Crippen molar-refractivity contribution in [2.75, 3.05) is 0 Å². The second-order valence-electron chi connectivity index (χ2n) is 6.17. The van der Waals surface area contributed by atoms with Crippen LogP contribution in [0.1, 0.15) is 11.3 Å². The summed E-state index contributed by atoms with van der Waals surface area (Å²) in [5.74, 6) is 0.717. The largest absolute Gasteiger partial charge is 0.416 e. The fourth-order valence-corrected chi connectivity index (χ4v) is 3.87. The zero-order chi connectivity index (χ0) is 19.0. The van der Waals surface area contributed by atoms with E-state index in [4.69, 9.17) is 0 Å². The standard InChI is InChI=1S/C21H15F3N2S/c1-13-19(14-6-3-2-4-7-14)26-20(25-13)18-11-10-17(27-18)15-8-5-9-16(12-15)21(22,23)24/h2-12H,1H3,(H,25,26). The summed E-state index contributed by atoms with van der Waals surface area (Å²) >= 11 is 1.41. The predicted molar refractivity (Wildman–Crippen MR) is 103 cm³/mol. The fourth-order valence-electron chi connectivity index (χ4n) is 2.92. The van der Waals surface area contributed by atoms with Crippen LogP contribution in [0.4, 0.5) is 13.2 Å². The van der Waals surface area contributed by atoms with Crippen molar-refractivity contribution in [3.63, 3.8) is 0 Å². The summed E-state index contributed by atoms with van der Waals surface area (Å²) < 4.78 is 38.9. The molecule has 0 saturated carbocycles. The summed E-state index contributed by atoms with van der Waals surface area (Å²) in [5, 5.41) is 0. The molecule has 6 heteroatoms. The number of halogens is 3. The Kier molecular flexibility index (Phi) is 4.36. The Bertz CT molecular complexity index is 1080. The number of rotatable bonds is 3. The number of benzene rings is 2. The van der Waals surface area contributed by atoms with E-state index in [1.54, 1.807) is 6.07 Å². The number of hydrogen-bond acceptors (Lipinski definition) is 2. The quantitative estimate of drug-likeness (QED) is 0.413. The Morgan fingerprint density at radius 3 is 2.30 bits per heavy atom. The molecule has 0 fully saturated rings. The maximum Gasteiger partial charge on any atom is 0.416 e. The normalized spacial score (nSPS) is 11.7. The molecule has 0 spiro atoms. The molecule has 0 atom stereocenters. The van der Waals surface area contributed by atoms with E-state index in [-0.39, 0.29) is 0 Å². The van der Waals surface area contributed by atoms with Gasteiger partial charge in [-0.25, -0.2) is 4.98 Å². The Hall–Kier alpha value is -2.86. The monoisotopic (exact) mass is 384 g/mol. The third kappa shape index (κ3) is 3.53. The average molecular weight is 384 g/mol. The van der Waals surface area contributed by atoms with E-state index in [0.717, 1.165) is 38.6 Å². The number of H-pyrrole nitrogens is 1. The van der Waals surface area contributed by atoms with Gasteiger partial charge in [-0.15, -0.1) is 11.3 Å². The number of aromatic amines is 1. The lowest BCUT2D eigenvalue weighted by molar-refractivity contribution is -0.137. The topological polar surface area (TPSA) is 28.7 Å². The first-order valence-corrected chi connectivity index (χ1v) is 9.13. The molecule has 4 aromatic rings. The second kappa shape index (κ2) is 6.70. The van der Waals surface area contributed by atoms with Gasteiger partial charge >= 0.3 is 6.18 Å². The number of nitrogens with zero attached hydrogens (tertiary/aromatic N) is 1. The van der Waals surface area contributed by atoms with Crippen molar-refractivity contribution < 1.29 is 13.2 Å². The van der Waals surface area contributed by atoms with E-state index < -0.39 is 11.7 Å². The summed E-state index contributed by atoms with van der Waals surface area (Å²) in [6, 6.07) is 19.0. The fraction of sp³-hybridized carbons (Fsp3) is 0.0952. The minimum absolute atomic E-state index is 0.549. The highest BCUT2D eigenvalue weighted by atomic mass is 32.1. The van der Waals surface area contributed by atoms with Gasteiger partial charge in [-0.3, -0.25) is 0 Å². The first-order chi connectivity index (χ1) is 12.9. The Morgan fingerprint density at radius 1 is 0.852 bits per heavy atom. The lowest BCUT2D eigenvalue weighted by Crippen LogP contribution is -2.04. The second-order valence-corrected chi connectivity index (χ2v) is 7.25. The van der Waals surface area contributed by atoms with Crippen molar-refractivity contribution in [2.45, 2.75) is 13.1 Å². The first-order valence-electron chi connectivity index (χ1n) is 8.32. The Labute approximate surface area is 158 Å². The lowest BCUT2D eigenvalue weighted by atomic mass is 10.1. The SMILES string of the molecule is Cc1[nH]c(-c2ccc(-c3cccc(C(F)(F)F)c3)s2)nc1-c1ccccc1. The average Bonchev–Trinajstić information content (AvgIpc) is 3.29. The van der Waals surface area contributed by atoms with Gasteiger partial charge in [0.25, 0.3) is 0 Å². The van der Waals surface area contributed by atoms with Crippen LogP contribution in [0, 0.1) is 6.92 Å². The smallest absolute Gasteiger partial charge is 0.341 e. The van der Waals surface area contributed by atoms with Crippen LogP contribution in [-0.2, 0) is 6.18 Å². The van der Waals surface area contributed by atoms with Crippen LogP contribution in [0.3, 0.4) is 0 Å². The molecule has 0 aliphatic heterocycles. The van der Waals surface area contributed by atoms with Gasteiger partial charge < -0.3 is 4.98 Å². The van der Waals surface area contributed by atoms with Crippen molar-refractivity contribution >= 4 is 11.3 Å². The van der Waals surface area contributed by atoms with E-state index in [0.29, 0.717) is 5.56 Å². The van der Waals surface area contributed by atoms with E-state index >= 15 is 0 Å². The van der Waals surface area contributed by atoms with Crippen LogP contribution < -0.4 is 0 Å². The molecule has 0 radical (unpaired) electrons. The number of thiophene rings is 1. The van der Waals surface area contributed by atoms with E-state index in [9.17, 15) is 13.2 Å². The van der Waals surface area contributed by atoms with Gasteiger partial charge in [-0.1, -0.05) is 42.5 Å². The third-order valence-corrected chi connectivity index (χ3v) is 5.39. The van der Waals surface area contributed by atoms with Gasteiger partial charge in [0.05, 0.1) is 16.1 Å². The molecule has 0 aliphatic rings. The van der Waals surface area contributed by atoms with Crippen molar-refractivity contribution in [3.05, 3.63) is 78.0 Å². The maximum absolute atomic E-state index is 13.0. The molecule has 2 heterocycles. The summed E-state index contributed by atoms with van der Waals surface area (Å²) in [6.45, 7) is 1.96. The predicted octanol–water partition coefficient (Wildman–Crippen LogP) is 6.80. The molecular formula is C21H15F3N2S. The highest BCUT2D eigenvalue weighted by Gasteiger charge is 2.30. The number of aromatic nitrogens is 2.